The Morgan fingerprint density at radius 3 is 2.04 bits per heavy atom. The number of phenolic OH excluding ortho intramolecular Hbond substituents is 1. The van der Waals surface area contributed by atoms with Gasteiger partial charge in [-0.3, -0.25) is 0 Å². The number of rotatable bonds is 13. The van der Waals surface area contributed by atoms with E-state index >= 15 is 0 Å². The average molecular weight is 793 g/mol. The second-order valence-corrected chi connectivity index (χ2v) is 18.7. The average Bonchev–Trinajstić information content (AvgIpc) is 3.06. The van der Waals surface area contributed by atoms with E-state index < -0.39 is 46.2 Å². The van der Waals surface area contributed by atoms with Crippen molar-refractivity contribution >= 4 is 52.9 Å². The Morgan fingerprint density at radius 1 is 0.725 bits per heavy atom. The highest BCUT2D eigenvalue weighted by Crippen LogP contribution is 2.37. The lowest BCUT2D eigenvalue weighted by atomic mass is 10.1. The summed E-state index contributed by atoms with van der Waals surface area (Å²) in [5.41, 5.74) is 2.07. The van der Waals surface area contributed by atoms with Gasteiger partial charge >= 0.3 is 0 Å². The molecule has 0 unspecified atom stereocenters. The lowest BCUT2D eigenvalue weighted by Gasteiger charge is -2.24. The molecule has 0 aliphatic heterocycles. The maximum absolute atomic E-state index is 14.3. The number of sulfonamides is 1. The van der Waals surface area contributed by atoms with Crippen LogP contribution in [-0.2, 0) is 49.2 Å². The van der Waals surface area contributed by atoms with Crippen molar-refractivity contribution in [1.82, 2.24) is 4.31 Å². The van der Waals surface area contributed by atoms with Gasteiger partial charge in [-0.25, -0.2) is 29.6 Å². The molecule has 0 bridgehead atoms. The molecule has 0 aromatic heterocycles. The Balaban J connectivity index is 1.58. The van der Waals surface area contributed by atoms with Crippen molar-refractivity contribution < 1.29 is 39.5 Å². The van der Waals surface area contributed by atoms with Crippen molar-refractivity contribution in [3.05, 3.63) is 141 Å². The molecule has 15 heteroatoms. The maximum atomic E-state index is 14.3. The molecule has 1 N–H and O–H groups in total. The summed E-state index contributed by atoms with van der Waals surface area (Å²) in [5, 5.41) is 10.4. The van der Waals surface area contributed by atoms with Crippen LogP contribution < -0.4 is 4.74 Å². The molecule has 0 amide bonds. The van der Waals surface area contributed by atoms with E-state index in [0.717, 1.165) is 22.2 Å². The minimum atomic E-state index is -4.60. The first-order valence-electron chi connectivity index (χ1n) is 15.2. The number of hydrogen-bond donors (Lipinski definition) is 1. The molecule has 0 heterocycles. The van der Waals surface area contributed by atoms with Crippen molar-refractivity contribution in [2.24, 2.45) is 0 Å². The Kier molecular flexibility index (Phi) is 11.5. The number of sulfone groups is 2. The monoisotopic (exact) mass is 791 g/mol. The van der Waals surface area contributed by atoms with E-state index in [-0.39, 0.29) is 56.6 Å². The highest BCUT2D eigenvalue weighted by Gasteiger charge is 2.30. The number of hydrogen-bond acceptors (Lipinski definition) is 8. The molecular formula is C36H32Cl2FNO8S3. The number of benzene rings is 5. The number of ether oxygens (including phenoxy) is 1. The van der Waals surface area contributed by atoms with Crippen LogP contribution in [-0.4, -0.2) is 46.7 Å². The molecule has 5 aromatic carbocycles. The Morgan fingerprint density at radius 2 is 1.37 bits per heavy atom. The summed E-state index contributed by atoms with van der Waals surface area (Å²) in [6, 6.07) is 24.5. The molecule has 9 nitrogen and oxygen atoms in total. The van der Waals surface area contributed by atoms with Crippen molar-refractivity contribution in [1.29, 1.82) is 0 Å². The smallest absolute Gasteiger partial charge is 0.247 e. The summed E-state index contributed by atoms with van der Waals surface area (Å²) in [4.78, 5) is -0.458. The van der Waals surface area contributed by atoms with Crippen molar-refractivity contribution in [3.63, 3.8) is 0 Å². The number of aromatic hydroxyl groups is 1. The van der Waals surface area contributed by atoms with Crippen LogP contribution in [0.5, 0.6) is 17.2 Å². The molecule has 0 radical (unpaired) electrons. The Hall–Kier alpha value is -3.98. The van der Waals surface area contributed by atoms with Crippen molar-refractivity contribution in [3.8, 4) is 17.2 Å². The zero-order valence-electron chi connectivity index (χ0n) is 27.3. The van der Waals surface area contributed by atoms with Crippen LogP contribution in [0.4, 0.5) is 4.39 Å². The van der Waals surface area contributed by atoms with E-state index in [1.165, 1.54) is 60.7 Å². The van der Waals surface area contributed by atoms with E-state index in [1.54, 1.807) is 36.4 Å². The Bertz CT molecular complexity index is 2410. The summed E-state index contributed by atoms with van der Waals surface area (Å²) < 4.78 is 100. The first-order valence-corrected chi connectivity index (χ1v) is 21.0. The SMILES string of the molecule is Cc1ccc(S(=O)(=O)CCc2cc(CN(Cc3cccc(S(C)(=O)=O)c3)S(=O)(=O)c3cc(Cl)cc(Cl)c3O)cc(Oc3ccc(F)cc3)c2)cc1. The summed E-state index contributed by atoms with van der Waals surface area (Å²) in [6.07, 6.45) is 1.05. The zero-order chi connectivity index (χ0) is 37.1. The molecule has 0 atom stereocenters. The van der Waals surface area contributed by atoms with Crippen molar-refractivity contribution in [2.75, 3.05) is 12.0 Å². The van der Waals surface area contributed by atoms with Gasteiger partial charge in [0, 0.05) is 24.4 Å². The molecule has 0 saturated heterocycles. The van der Waals surface area contributed by atoms with Gasteiger partial charge in [0.25, 0.3) is 0 Å². The van der Waals surface area contributed by atoms with Crippen LogP contribution >= 0.6 is 23.2 Å². The second kappa shape index (κ2) is 15.3. The fourth-order valence-electron chi connectivity index (χ4n) is 5.16. The molecule has 5 rings (SSSR count). The molecule has 0 aliphatic rings. The van der Waals surface area contributed by atoms with Gasteiger partial charge in [-0.05, 0) is 103 Å². The van der Waals surface area contributed by atoms with Crippen LogP contribution in [0.2, 0.25) is 10.0 Å². The third-order valence-electron chi connectivity index (χ3n) is 7.77. The van der Waals surface area contributed by atoms with E-state index in [9.17, 15) is 34.8 Å². The first-order chi connectivity index (χ1) is 23.9. The lowest BCUT2D eigenvalue weighted by molar-refractivity contribution is 0.393. The van der Waals surface area contributed by atoms with Gasteiger partial charge in [-0.2, -0.15) is 4.31 Å². The zero-order valence-corrected chi connectivity index (χ0v) is 31.2. The summed E-state index contributed by atoms with van der Waals surface area (Å²) in [7, 11) is -11.9. The topological polar surface area (TPSA) is 135 Å². The normalized spacial score (nSPS) is 12.3. The van der Waals surface area contributed by atoms with Crippen LogP contribution in [0.3, 0.4) is 0 Å². The van der Waals surface area contributed by atoms with Crippen molar-refractivity contribution in [2.45, 2.75) is 41.1 Å². The standard InChI is InChI=1S/C36H32Cl2FNO8S3/c1-24-6-12-32(13-7-24)50(44,45)15-14-25-16-27(18-31(17-25)48-30-10-8-29(39)9-11-30)23-40(22-26-4-3-5-33(19-26)49(2,42)43)51(46,47)35-21-28(37)20-34(38)36(35)41/h3-13,16-21,41H,14-15,22-23H2,1-2H3. The van der Waals surface area contributed by atoms with Gasteiger partial charge in [0.2, 0.25) is 10.0 Å². The molecule has 268 valence electrons. The number of aryl methyl sites for hydroxylation is 2. The highest BCUT2D eigenvalue weighted by molar-refractivity contribution is 7.91. The quantitative estimate of drug-likeness (QED) is 0.128. The molecular weight excluding hydrogens is 760 g/mol. The third kappa shape index (κ3) is 9.67. The lowest BCUT2D eigenvalue weighted by Crippen LogP contribution is -2.30. The maximum Gasteiger partial charge on any atom is 0.247 e. The van der Waals surface area contributed by atoms with Gasteiger partial charge in [0.15, 0.2) is 25.4 Å². The predicted octanol–water partition coefficient (Wildman–Crippen LogP) is 7.75. The van der Waals surface area contributed by atoms with Gasteiger partial charge in [0.1, 0.15) is 22.2 Å². The van der Waals surface area contributed by atoms with E-state index in [0.29, 0.717) is 16.7 Å². The van der Waals surface area contributed by atoms with Crippen LogP contribution in [0.25, 0.3) is 0 Å². The molecule has 0 fully saturated rings. The minimum absolute atomic E-state index is 0.0255. The highest BCUT2D eigenvalue weighted by atomic mass is 35.5. The largest absolute Gasteiger partial charge is 0.505 e. The van der Waals surface area contributed by atoms with Crippen LogP contribution in [0.1, 0.15) is 22.3 Å². The molecule has 51 heavy (non-hydrogen) atoms. The third-order valence-corrected chi connectivity index (χ3v) is 12.9. The Labute approximate surface area is 306 Å². The summed E-state index contributed by atoms with van der Waals surface area (Å²) in [5.74, 6) is -1.00. The van der Waals surface area contributed by atoms with Crippen LogP contribution in [0.15, 0.2) is 118 Å². The van der Waals surface area contributed by atoms with E-state index in [2.05, 4.69) is 0 Å². The number of halogens is 3. The van der Waals surface area contributed by atoms with Gasteiger partial charge in [-0.1, -0.05) is 59.1 Å². The molecule has 0 saturated carbocycles. The van der Waals surface area contributed by atoms with Gasteiger partial charge in [0.05, 0.1) is 20.6 Å². The number of phenols is 1. The fraction of sp³-hybridized carbons (Fsp3) is 0.167. The molecule has 0 spiro atoms. The number of nitrogens with zero attached hydrogens (tertiary/aromatic N) is 1. The van der Waals surface area contributed by atoms with Gasteiger partial charge < -0.3 is 9.84 Å². The summed E-state index contributed by atoms with van der Waals surface area (Å²) >= 11 is 12.2. The van der Waals surface area contributed by atoms with E-state index in [4.69, 9.17) is 27.9 Å². The van der Waals surface area contributed by atoms with Gasteiger partial charge in [-0.15, -0.1) is 0 Å². The predicted molar refractivity (Wildman–Crippen MR) is 194 cm³/mol. The minimum Gasteiger partial charge on any atom is -0.505 e. The summed E-state index contributed by atoms with van der Waals surface area (Å²) in [6.45, 7) is 1.14. The fourth-order valence-corrected chi connectivity index (χ4v) is 9.31. The second-order valence-electron chi connectivity index (χ2n) is 11.9. The molecule has 5 aromatic rings. The first kappa shape index (κ1) is 38.3. The molecule has 0 aliphatic carbocycles. The van der Waals surface area contributed by atoms with Crippen LogP contribution in [0, 0.1) is 12.7 Å². The van der Waals surface area contributed by atoms with E-state index in [1.807, 2.05) is 6.92 Å².